The van der Waals surface area contributed by atoms with Crippen LogP contribution in [0, 0.1) is 6.92 Å². The number of halogens is 3. The molecule has 0 unspecified atom stereocenters. The molecule has 0 fully saturated rings. The Balaban J connectivity index is 2.59. The number of alkyl halides is 3. The summed E-state index contributed by atoms with van der Waals surface area (Å²) in [4.78, 5) is 14.7. The SMILES string of the molecule is Cc1ccc(-c2ccc(C(F)(F)F)nc2C(N)=O)cc1. The van der Waals surface area contributed by atoms with E-state index in [0.29, 0.717) is 5.56 Å². The van der Waals surface area contributed by atoms with Gasteiger partial charge in [0.25, 0.3) is 5.91 Å². The largest absolute Gasteiger partial charge is 0.433 e. The van der Waals surface area contributed by atoms with Gasteiger partial charge in [0.05, 0.1) is 0 Å². The predicted molar refractivity (Wildman–Crippen MR) is 67.9 cm³/mol. The first-order chi connectivity index (χ1) is 9.29. The molecule has 0 bridgehead atoms. The van der Waals surface area contributed by atoms with E-state index in [1.807, 2.05) is 6.92 Å². The minimum Gasteiger partial charge on any atom is -0.364 e. The Kier molecular flexibility index (Phi) is 3.48. The van der Waals surface area contributed by atoms with Gasteiger partial charge < -0.3 is 5.73 Å². The zero-order valence-corrected chi connectivity index (χ0v) is 10.5. The van der Waals surface area contributed by atoms with Gasteiger partial charge in [-0.2, -0.15) is 13.2 Å². The normalized spacial score (nSPS) is 11.4. The summed E-state index contributed by atoms with van der Waals surface area (Å²) in [7, 11) is 0. The molecule has 0 aliphatic rings. The van der Waals surface area contributed by atoms with E-state index in [2.05, 4.69) is 4.98 Å². The maximum absolute atomic E-state index is 12.6. The first kappa shape index (κ1) is 14.0. The number of hydrogen-bond donors (Lipinski definition) is 1. The van der Waals surface area contributed by atoms with Gasteiger partial charge in [-0.15, -0.1) is 0 Å². The van der Waals surface area contributed by atoms with E-state index in [4.69, 9.17) is 5.73 Å². The van der Waals surface area contributed by atoms with E-state index in [1.165, 1.54) is 6.07 Å². The highest BCUT2D eigenvalue weighted by Gasteiger charge is 2.33. The van der Waals surface area contributed by atoms with Crippen LogP contribution in [0.5, 0.6) is 0 Å². The van der Waals surface area contributed by atoms with Gasteiger partial charge in [0.15, 0.2) is 0 Å². The number of carbonyl (C=O) groups excluding carboxylic acids is 1. The molecule has 0 spiro atoms. The van der Waals surface area contributed by atoms with Crippen LogP contribution in [0.4, 0.5) is 13.2 Å². The highest BCUT2D eigenvalue weighted by atomic mass is 19.4. The number of rotatable bonds is 2. The van der Waals surface area contributed by atoms with Crippen LogP contribution in [-0.4, -0.2) is 10.9 Å². The summed E-state index contributed by atoms with van der Waals surface area (Å²) in [5.41, 5.74) is 5.47. The molecule has 0 atom stereocenters. The number of carbonyl (C=O) groups is 1. The molecule has 1 aromatic carbocycles. The molecule has 0 aliphatic carbocycles. The predicted octanol–water partition coefficient (Wildman–Crippen LogP) is 3.17. The first-order valence-corrected chi connectivity index (χ1v) is 5.74. The van der Waals surface area contributed by atoms with Crippen molar-refractivity contribution in [3.8, 4) is 11.1 Å². The molecular weight excluding hydrogens is 269 g/mol. The molecule has 1 aromatic heterocycles. The number of hydrogen-bond acceptors (Lipinski definition) is 2. The van der Waals surface area contributed by atoms with Crippen molar-refractivity contribution in [3.63, 3.8) is 0 Å². The van der Waals surface area contributed by atoms with Gasteiger partial charge in [-0.3, -0.25) is 4.79 Å². The minimum absolute atomic E-state index is 0.283. The van der Waals surface area contributed by atoms with Crippen molar-refractivity contribution in [1.82, 2.24) is 4.98 Å². The molecule has 1 heterocycles. The smallest absolute Gasteiger partial charge is 0.364 e. The fraction of sp³-hybridized carbons (Fsp3) is 0.143. The number of nitrogens with two attached hydrogens (primary N) is 1. The molecule has 1 amide bonds. The van der Waals surface area contributed by atoms with Crippen LogP contribution >= 0.6 is 0 Å². The van der Waals surface area contributed by atoms with Crippen LogP contribution in [0.3, 0.4) is 0 Å². The molecule has 2 N–H and O–H groups in total. The maximum atomic E-state index is 12.6. The summed E-state index contributed by atoms with van der Waals surface area (Å²) in [5.74, 6) is -0.994. The Bertz CT molecular complexity index is 648. The lowest BCUT2D eigenvalue weighted by Gasteiger charge is -2.11. The van der Waals surface area contributed by atoms with Gasteiger partial charge in [0.2, 0.25) is 0 Å². The molecule has 104 valence electrons. The third-order valence-corrected chi connectivity index (χ3v) is 2.78. The highest BCUT2D eigenvalue weighted by Crippen LogP contribution is 2.31. The fourth-order valence-electron chi connectivity index (χ4n) is 1.77. The van der Waals surface area contributed by atoms with Crippen molar-refractivity contribution in [3.05, 3.63) is 53.3 Å². The molecule has 20 heavy (non-hydrogen) atoms. The molecule has 3 nitrogen and oxygen atoms in total. The van der Waals surface area contributed by atoms with E-state index in [-0.39, 0.29) is 11.3 Å². The van der Waals surface area contributed by atoms with Crippen molar-refractivity contribution in [2.45, 2.75) is 13.1 Å². The van der Waals surface area contributed by atoms with Gasteiger partial charge in [-0.05, 0) is 24.6 Å². The zero-order valence-electron chi connectivity index (χ0n) is 10.5. The molecule has 0 saturated carbocycles. The van der Waals surface area contributed by atoms with E-state index >= 15 is 0 Å². The summed E-state index contributed by atoms with van der Waals surface area (Å²) < 4.78 is 37.8. The van der Waals surface area contributed by atoms with Gasteiger partial charge in [-0.25, -0.2) is 4.98 Å². The second-order valence-electron chi connectivity index (χ2n) is 4.32. The molecule has 2 rings (SSSR count). The molecule has 0 aliphatic heterocycles. The molecule has 0 saturated heterocycles. The lowest BCUT2D eigenvalue weighted by Crippen LogP contribution is -2.18. The number of pyridine rings is 1. The molecule has 0 radical (unpaired) electrons. The fourth-order valence-corrected chi connectivity index (χ4v) is 1.77. The third-order valence-electron chi connectivity index (χ3n) is 2.78. The summed E-state index contributed by atoms with van der Waals surface area (Å²) >= 11 is 0. The van der Waals surface area contributed by atoms with Gasteiger partial charge in [0.1, 0.15) is 11.4 Å². The highest BCUT2D eigenvalue weighted by molar-refractivity contribution is 5.97. The van der Waals surface area contributed by atoms with Crippen LogP contribution in [0.1, 0.15) is 21.7 Å². The summed E-state index contributed by atoms with van der Waals surface area (Å²) in [6.07, 6.45) is -4.62. The first-order valence-electron chi connectivity index (χ1n) is 5.74. The van der Waals surface area contributed by atoms with Crippen LogP contribution in [0.2, 0.25) is 0 Å². The second kappa shape index (κ2) is 4.96. The van der Waals surface area contributed by atoms with Crippen molar-refractivity contribution < 1.29 is 18.0 Å². The topological polar surface area (TPSA) is 56.0 Å². The van der Waals surface area contributed by atoms with Crippen molar-refractivity contribution in [1.29, 1.82) is 0 Å². The maximum Gasteiger partial charge on any atom is 0.433 e. The average Bonchev–Trinajstić information content (AvgIpc) is 2.38. The Hall–Kier alpha value is -2.37. The third kappa shape index (κ3) is 2.79. The zero-order chi connectivity index (χ0) is 14.9. The Morgan fingerprint density at radius 2 is 1.70 bits per heavy atom. The number of nitrogens with zero attached hydrogens (tertiary/aromatic N) is 1. The number of benzene rings is 1. The van der Waals surface area contributed by atoms with E-state index in [1.54, 1.807) is 24.3 Å². The van der Waals surface area contributed by atoms with E-state index in [0.717, 1.165) is 11.6 Å². The van der Waals surface area contributed by atoms with Crippen molar-refractivity contribution in [2.75, 3.05) is 0 Å². The van der Waals surface area contributed by atoms with Gasteiger partial charge in [-0.1, -0.05) is 29.8 Å². The monoisotopic (exact) mass is 280 g/mol. The van der Waals surface area contributed by atoms with Crippen molar-refractivity contribution >= 4 is 5.91 Å². The Morgan fingerprint density at radius 1 is 1.10 bits per heavy atom. The molecule has 6 heteroatoms. The van der Waals surface area contributed by atoms with Crippen LogP contribution in [0.15, 0.2) is 36.4 Å². The Morgan fingerprint density at radius 3 is 2.20 bits per heavy atom. The molecule has 2 aromatic rings. The van der Waals surface area contributed by atoms with Crippen LogP contribution in [-0.2, 0) is 6.18 Å². The summed E-state index contributed by atoms with van der Waals surface area (Å²) in [5, 5.41) is 0. The minimum atomic E-state index is -4.62. The van der Waals surface area contributed by atoms with Crippen molar-refractivity contribution in [2.24, 2.45) is 5.73 Å². The number of aryl methyl sites for hydroxylation is 1. The summed E-state index contributed by atoms with van der Waals surface area (Å²) in [6, 6.07) is 9.02. The van der Waals surface area contributed by atoms with Gasteiger partial charge in [0, 0.05) is 5.56 Å². The van der Waals surface area contributed by atoms with Gasteiger partial charge >= 0.3 is 6.18 Å². The van der Waals surface area contributed by atoms with E-state index < -0.39 is 17.8 Å². The number of aromatic nitrogens is 1. The number of amides is 1. The lowest BCUT2D eigenvalue weighted by molar-refractivity contribution is -0.141. The van der Waals surface area contributed by atoms with Crippen LogP contribution in [0.25, 0.3) is 11.1 Å². The van der Waals surface area contributed by atoms with E-state index in [9.17, 15) is 18.0 Å². The second-order valence-corrected chi connectivity index (χ2v) is 4.32. The lowest BCUT2D eigenvalue weighted by atomic mass is 10.0. The standard InChI is InChI=1S/C14H11F3N2O/c1-8-2-4-9(5-3-8)10-6-7-11(14(15,16)17)19-12(10)13(18)20/h2-7H,1H3,(H2,18,20). The van der Waals surface area contributed by atoms with Crippen LogP contribution < -0.4 is 5.73 Å². The summed E-state index contributed by atoms with van der Waals surface area (Å²) in [6.45, 7) is 1.88. The number of primary amides is 1. The molecular formula is C14H11F3N2O. The average molecular weight is 280 g/mol. The Labute approximate surface area is 113 Å². The quantitative estimate of drug-likeness (QED) is 0.918.